The first-order valence-electron chi connectivity index (χ1n) is 6.77. The van der Waals surface area contributed by atoms with Gasteiger partial charge in [0.25, 0.3) is 0 Å². The van der Waals surface area contributed by atoms with Gasteiger partial charge in [0.05, 0.1) is 0 Å². The number of carbonyl (C=O) groups excluding carboxylic acids is 2. The lowest BCUT2D eigenvalue weighted by atomic mass is 10.0. The van der Waals surface area contributed by atoms with Gasteiger partial charge in [-0.15, -0.1) is 0 Å². The van der Waals surface area contributed by atoms with Crippen LogP contribution in [0.4, 0.5) is 0 Å². The van der Waals surface area contributed by atoms with Crippen LogP contribution in [-0.4, -0.2) is 51.3 Å². The van der Waals surface area contributed by atoms with Gasteiger partial charge in [-0.3, -0.25) is 9.59 Å². The minimum atomic E-state index is -0.325. The third-order valence-electron chi connectivity index (χ3n) is 4.17. The summed E-state index contributed by atoms with van der Waals surface area (Å²) in [5.41, 5.74) is 2.01. The predicted octanol–water partition coefficient (Wildman–Crippen LogP) is 0.293. The summed E-state index contributed by atoms with van der Waals surface area (Å²) in [5.74, 6) is 0.0640. The molecule has 0 saturated carbocycles. The molecule has 0 aliphatic carbocycles. The van der Waals surface area contributed by atoms with Gasteiger partial charge in [-0.1, -0.05) is 0 Å². The second-order valence-corrected chi connectivity index (χ2v) is 5.38. The van der Waals surface area contributed by atoms with Gasteiger partial charge in [-0.25, -0.2) is 4.98 Å². The molecule has 0 aromatic carbocycles. The van der Waals surface area contributed by atoms with Crippen LogP contribution >= 0.6 is 0 Å². The third-order valence-corrected chi connectivity index (χ3v) is 4.17. The number of nitrogens with zero attached hydrogens (tertiary/aromatic N) is 3. The fraction of sp³-hybridized carbons (Fsp3) is 0.500. The fourth-order valence-corrected chi connectivity index (χ4v) is 2.92. The van der Waals surface area contributed by atoms with E-state index in [1.165, 1.54) is 0 Å². The smallest absolute Gasteiger partial charge is 0.245 e. The Kier molecular flexibility index (Phi) is 3.08. The highest BCUT2D eigenvalue weighted by molar-refractivity contribution is 5.90. The summed E-state index contributed by atoms with van der Waals surface area (Å²) in [6.45, 7) is 1.12. The van der Waals surface area contributed by atoms with Gasteiger partial charge in [-0.05, 0) is 24.0 Å². The van der Waals surface area contributed by atoms with Gasteiger partial charge in [0.1, 0.15) is 6.04 Å². The maximum absolute atomic E-state index is 12.5. The zero-order valence-electron chi connectivity index (χ0n) is 11.4. The number of hydrogen-bond donors (Lipinski definition) is 1. The summed E-state index contributed by atoms with van der Waals surface area (Å²) in [6.07, 6.45) is 3.38. The number of aromatic nitrogens is 1. The van der Waals surface area contributed by atoms with Crippen molar-refractivity contribution in [2.24, 2.45) is 0 Å². The molecule has 2 aliphatic rings. The highest BCUT2D eigenvalue weighted by Gasteiger charge is 2.36. The monoisotopic (exact) mass is 275 g/mol. The molecule has 106 valence electrons. The van der Waals surface area contributed by atoms with Crippen molar-refractivity contribution < 1.29 is 14.7 Å². The number of likely N-dealkylation sites (tertiary alicyclic amines) is 1. The molecule has 2 amide bonds. The quantitative estimate of drug-likeness (QED) is 0.799. The Hall–Kier alpha value is -2.11. The molecular weight excluding hydrogens is 258 g/mol. The minimum Gasteiger partial charge on any atom is -0.493 e. The number of carbonyl (C=O) groups is 2. The fourth-order valence-electron chi connectivity index (χ4n) is 2.92. The highest BCUT2D eigenvalue weighted by Crippen LogP contribution is 2.24. The number of likely N-dealkylation sites (N-methyl/N-ethyl adjacent to an activating group) is 1. The summed E-state index contributed by atoms with van der Waals surface area (Å²) in [7, 11) is 1.69. The van der Waals surface area contributed by atoms with Crippen molar-refractivity contribution in [3.63, 3.8) is 0 Å². The Morgan fingerprint density at radius 3 is 2.90 bits per heavy atom. The van der Waals surface area contributed by atoms with E-state index in [9.17, 15) is 14.7 Å². The Morgan fingerprint density at radius 2 is 2.20 bits per heavy atom. The van der Waals surface area contributed by atoms with Crippen molar-refractivity contribution in [1.82, 2.24) is 14.8 Å². The average Bonchev–Trinajstić information content (AvgIpc) is 2.77. The molecule has 2 aliphatic heterocycles. The van der Waals surface area contributed by atoms with Crippen molar-refractivity contribution in [3.8, 4) is 5.88 Å². The molecular formula is C14H17N3O3. The predicted molar refractivity (Wildman–Crippen MR) is 70.8 cm³/mol. The Bertz CT molecular complexity index is 573. The summed E-state index contributed by atoms with van der Waals surface area (Å²) >= 11 is 0. The molecule has 1 N–H and O–H groups in total. The maximum Gasteiger partial charge on any atom is 0.245 e. The number of hydrogen-bond acceptors (Lipinski definition) is 4. The number of fused-ring (bicyclic) bond motifs is 1. The van der Waals surface area contributed by atoms with Gasteiger partial charge in [0.15, 0.2) is 0 Å². The lowest BCUT2D eigenvalue weighted by Gasteiger charge is -2.32. The van der Waals surface area contributed by atoms with E-state index in [1.54, 1.807) is 29.1 Å². The standard InChI is InChI=1S/C14H17N3O3/c1-16-11(2-3-13(16)19)14(20)17-5-4-9-6-12(18)15-7-10(9)8-17/h6-7,11H,2-5,8H2,1H3,(H,15,18)/t11-/m0/s1. The number of rotatable bonds is 1. The lowest BCUT2D eigenvalue weighted by molar-refractivity contribution is -0.140. The van der Waals surface area contributed by atoms with Crippen molar-refractivity contribution >= 4 is 11.8 Å². The van der Waals surface area contributed by atoms with Gasteiger partial charge < -0.3 is 14.9 Å². The molecule has 0 bridgehead atoms. The van der Waals surface area contributed by atoms with E-state index < -0.39 is 0 Å². The molecule has 3 heterocycles. The highest BCUT2D eigenvalue weighted by atomic mass is 16.3. The zero-order chi connectivity index (χ0) is 14.3. The maximum atomic E-state index is 12.5. The molecule has 1 aromatic rings. The third kappa shape index (κ3) is 2.11. The normalized spacial score (nSPS) is 22.1. The van der Waals surface area contributed by atoms with Crippen LogP contribution in [0.2, 0.25) is 0 Å². The first-order chi connectivity index (χ1) is 9.56. The first-order valence-corrected chi connectivity index (χ1v) is 6.77. The molecule has 1 saturated heterocycles. The topological polar surface area (TPSA) is 73.7 Å². The van der Waals surface area contributed by atoms with Gasteiger partial charge in [-0.2, -0.15) is 0 Å². The van der Waals surface area contributed by atoms with Crippen molar-refractivity contribution in [2.75, 3.05) is 13.6 Å². The van der Waals surface area contributed by atoms with Gasteiger partial charge in [0, 0.05) is 38.8 Å². The lowest BCUT2D eigenvalue weighted by Crippen LogP contribution is -2.46. The molecule has 1 fully saturated rings. The Labute approximate surface area is 117 Å². The molecule has 20 heavy (non-hydrogen) atoms. The van der Waals surface area contributed by atoms with Crippen LogP contribution in [0.3, 0.4) is 0 Å². The Morgan fingerprint density at radius 1 is 1.40 bits per heavy atom. The van der Waals surface area contributed by atoms with Gasteiger partial charge >= 0.3 is 0 Å². The van der Waals surface area contributed by atoms with E-state index >= 15 is 0 Å². The van der Waals surface area contributed by atoms with Crippen LogP contribution in [-0.2, 0) is 22.6 Å². The summed E-state index contributed by atoms with van der Waals surface area (Å²) in [5, 5.41) is 9.36. The summed E-state index contributed by atoms with van der Waals surface area (Å²) in [4.78, 5) is 31.2. The number of amides is 2. The van der Waals surface area contributed by atoms with E-state index in [1.807, 2.05) is 0 Å². The molecule has 0 unspecified atom stereocenters. The van der Waals surface area contributed by atoms with Crippen LogP contribution in [0.15, 0.2) is 12.3 Å². The van der Waals surface area contributed by atoms with Crippen LogP contribution in [0.1, 0.15) is 24.0 Å². The number of pyridine rings is 1. The summed E-state index contributed by atoms with van der Waals surface area (Å²) in [6, 6.07) is 1.33. The van der Waals surface area contributed by atoms with E-state index in [4.69, 9.17) is 0 Å². The summed E-state index contributed by atoms with van der Waals surface area (Å²) < 4.78 is 0. The Balaban J connectivity index is 1.75. The second kappa shape index (κ2) is 4.77. The molecule has 6 heteroatoms. The minimum absolute atomic E-state index is 0.0112. The van der Waals surface area contributed by atoms with E-state index in [2.05, 4.69) is 4.98 Å². The van der Waals surface area contributed by atoms with E-state index in [0.717, 1.165) is 11.1 Å². The zero-order valence-corrected chi connectivity index (χ0v) is 11.4. The SMILES string of the molecule is CN1C(=O)CC[C@H]1C(=O)N1CCc2cc(O)ncc2C1. The van der Waals surface area contributed by atoms with E-state index in [-0.39, 0.29) is 23.7 Å². The second-order valence-electron chi connectivity index (χ2n) is 5.38. The first kappa shape index (κ1) is 12.9. The molecule has 1 atom stereocenters. The molecule has 0 radical (unpaired) electrons. The van der Waals surface area contributed by atoms with Crippen molar-refractivity contribution in [3.05, 3.63) is 23.4 Å². The van der Waals surface area contributed by atoms with Crippen LogP contribution in [0.25, 0.3) is 0 Å². The molecule has 3 rings (SSSR count). The van der Waals surface area contributed by atoms with Crippen LogP contribution in [0, 0.1) is 0 Å². The van der Waals surface area contributed by atoms with Gasteiger partial charge in [0.2, 0.25) is 17.7 Å². The van der Waals surface area contributed by atoms with Crippen molar-refractivity contribution in [1.29, 1.82) is 0 Å². The van der Waals surface area contributed by atoms with E-state index in [0.29, 0.717) is 32.4 Å². The largest absolute Gasteiger partial charge is 0.493 e. The van der Waals surface area contributed by atoms with Crippen LogP contribution in [0.5, 0.6) is 5.88 Å². The molecule has 6 nitrogen and oxygen atoms in total. The molecule has 1 aromatic heterocycles. The number of aromatic hydroxyl groups is 1. The van der Waals surface area contributed by atoms with Crippen LogP contribution < -0.4 is 0 Å². The van der Waals surface area contributed by atoms with Crippen molar-refractivity contribution in [2.45, 2.75) is 31.8 Å². The average molecular weight is 275 g/mol. The molecule has 0 spiro atoms.